The normalized spacial score (nSPS) is 38.1. The van der Waals surface area contributed by atoms with Crippen molar-refractivity contribution in [3.8, 4) is 0 Å². The maximum Gasteiger partial charge on any atom is 0.303 e. The molecule has 2 aliphatic carbocycles. The summed E-state index contributed by atoms with van der Waals surface area (Å²) in [4.78, 5) is 10.9. The van der Waals surface area contributed by atoms with Crippen LogP contribution in [0.15, 0.2) is 24.0 Å². The van der Waals surface area contributed by atoms with Crippen LogP contribution >= 0.6 is 0 Å². The lowest BCUT2D eigenvalue weighted by Crippen LogP contribution is -2.32. The summed E-state index contributed by atoms with van der Waals surface area (Å²) in [5.74, 6) is 2.24. The minimum Gasteiger partial charge on any atom is -0.495 e. The number of allylic oxidation sites excluding steroid dienone is 2. The van der Waals surface area contributed by atoms with E-state index >= 15 is 0 Å². The van der Waals surface area contributed by atoms with Crippen LogP contribution in [0.2, 0.25) is 0 Å². The van der Waals surface area contributed by atoms with Crippen LogP contribution in [0.4, 0.5) is 0 Å². The van der Waals surface area contributed by atoms with Gasteiger partial charge in [0.15, 0.2) is 12.6 Å². The lowest BCUT2D eigenvalue weighted by molar-refractivity contribution is -0.194. The molecule has 9 atom stereocenters. The minimum absolute atomic E-state index is 0.0731. The molecule has 7 heteroatoms. The van der Waals surface area contributed by atoms with E-state index in [4.69, 9.17) is 28.8 Å². The number of hydrogen-bond donors (Lipinski definition) is 1. The second kappa shape index (κ2) is 15.2. The molecule has 0 aromatic carbocycles. The van der Waals surface area contributed by atoms with E-state index in [1.165, 1.54) is 38.5 Å². The molecule has 2 saturated carbocycles. The number of fused-ring (bicyclic) bond motifs is 1. The predicted octanol–water partition coefficient (Wildman–Crippen LogP) is 7.15. The van der Waals surface area contributed by atoms with Crippen molar-refractivity contribution < 1.29 is 33.6 Å². The molecule has 0 amide bonds. The zero-order valence-electron chi connectivity index (χ0n) is 24.6. The van der Waals surface area contributed by atoms with Gasteiger partial charge in [0, 0.05) is 44.3 Å². The molecule has 0 aromatic heterocycles. The van der Waals surface area contributed by atoms with Crippen LogP contribution in [0.3, 0.4) is 0 Å². The van der Waals surface area contributed by atoms with E-state index in [0.717, 1.165) is 76.3 Å². The fourth-order valence-corrected chi connectivity index (χ4v) is 7.66. The molecule has 5 fully saturated rings. The zero-order chi connectivity index (χ0) is 27.7. The highest BCUT2D eigenvalue weighted by Gasteiger charge is 2.49. The lowest BCUT2D eigenvalue weighted by Gasteiger charge is -2.31. The van der Waals surface area contributed by atoms with Gasteiger partial charge in [0.25, 0.3) is 0 Å². The van der Waals surface area contributed by atoms with Crippen molar-refractivity contribution in [3.63, 3.8) is 0 Å². The first-order chi connectivity index (χ1) is 19.6. The van der Waals surface area contributed by atoms with Gasteiger partial charge >= 0.3 is 5.97 Å². The van der Waals surface area contributed by atoms with Crippen molar-refractivity contribution in [3.05, 3.63) is 24.0 Å². The molecule has 0 aromatic rings. The number of rotatable bonds is 13. The molecule has 226 valence electrons. The Balaban J connectivity index is 1.28. The van der Waals surface area contributed by atoms with Crippen LogP contribution in [-0.4, -0.2) is 55.2 Å². The molecule has 3 saturated heterocycles. The first-order valence-electron chi connectivity index (χ1n) is 16.4. The molecule has 4 unspecified atom stereocenters. The van der Waals surface area contributed by atoms with Crippen LogP contribution in [0, 0.1) is 23.7 Å². The summed E-state index contributed by atoms with van der Waals surface area (Å²) in [5.41, 5.74) is 0. The van der Waals surface area contributed by atoms with Gasteiger partial charge in [0.2, 0.25) is 0 Å². The van der Waals surface area contributed by atoms with Gasteiger partial charge in [-0.25, -0.2) is 0 Å². The van der Waals surface area contributed by atoms with Crippen molar-refractivity contribution in [2.75, 3.05) is 13.2 Å². The Kier molecular flexibility index (Phi) is 11.4. The molecule has 1 N–H and O–H groups in total. The molecule has 5 aliphatic rings. The van der Waals surface area contributed by atoms with Crippen LogP contribution in [-0.2, 0) is 28.5 Å². The molecule has 7 nitrogen and oxygen atoms in total. The fourth-order valence-electron chi connectivity index (χ4n) is 7.66. The summed E-state index contributed by atoms with van der Waals surface area (Å²) in [5, 5.41) is 8.96. The van der Waals surface area contributed by atoms with Gasteiger partial charge < -0.3 is 28.8 Å². The standard InChI is InChI=1S/C33H52O7/c1-2-9-23-14-15-24(20-23)28(39-32-12-5-7-18-36-32)17-16-26-27-21-25(10-3-4-11-31(34)35)38-30(27)22-29(26)40-33-13-6-8-19-37-33/h10,16-17,23-24,26-30,32-33H,2-9,11-15,18-22H2,1H3,(H,34,35)/b17-16+,25-10-/t23?,24?,26-,27-,28-,29-,30-,32?,33?/m1/s1. The Morgan fingerprint density at radius 2 is 1.85 bits per heavy atom. The molecule has 0 bridgehead atoms. The molecule has 0 radical (unpaired) electrons. The van der Waals surface area contributed by atoms with Gasteiger partial charge in [0.05, 0.1) is 18.0 Å². The van der Waals surface area contributed by atoms with Gasteiger partial charge in [-0.05, 0) is 82.1 Å². The van der Waals surface area contributed by atoms with E-state index in [-0.39, 0.29) is 43.2 Å². The maximum absolute atomic E-state index is 10.9. The molecular weight excluding hydrogens is 508 g/mol. The summed E-state index contributed by atoms with van der Waals surface area (Å²) >= 11 is 0. The second-order valence-corrected chi connectivity index (χ2v) is 12.8. The van der Waals surface area contributed by atoms with Gasteiger partial charge in [-0.1, -0.05) is 38.3 Å². The van der Waals surface area contributed by atoms with E-state index < -0.39 is 5.97 Å². The number of carboxylic acids is 1. The van der Waals surface area contributed by atoms with Gasteiger partial charge in [-0.2, -0.15) is 0 Å². The van der Waals surface area contributed by atoms with Crippen molar-refractivity contribution >= 4 is 5.97 Å². The average Bonchev–Trinajstić information content (AvgIpc) is 3.66. The largest absolute Gasteiger partial charge is 0.495 e. The van der Waals surface area contributed by atoms with E-state index in [1.807, 2.05) is 0 Å². The summed E-state index contributed by atoms with van der Waals surface area (Å²) in [6.07, 6.45) is 23.1. The number of carbonyl (C=O) groups is 1. The monoisotopic (exact) mass is 560 g/mol. The molecular formula is C33H52O7. The van der Waals surface area contributed by atoms with Gasteiger partial charge in [-0.3, -0.25) is 4.79 Å². The topological polar surface area (TPSA) is 83.5 Å². The predicted molar refractivity (Wildman–Crippen MR) is 152 cm³/mol. The van der Waals surface area contributed by atoms with E-state index in [9.17, 15) is 4.79 Å². The number of carboxylic acid groups (broad SMARTS) is 1. The smallest absolute Gasteiger partial charge is 0.303 e. The highest BCUT2D eigenvalue weighted by molar-refractivity contribution is 5.66. The molecule has 5 rings (SSSR count). The molecule has 3 aliphatic heterocycles. The van der Waals surface area contributed by atoms with Crippen LogP contribution in [0.5, 0.6) is 0 Å². The first-order valence-corrected chi connectivity index (χ1v) is 16.4. The Morgan fingerprint density at radius 3 is 2.58 bits per heavy atom. The van der Waals surface area contributed by atoms with Crippen molar-refractivity contribution in [2.24, 2.45) is 23.7 Å². The Labute approximate surface area is 241 Å². The Hall–Kier alpha value is -1.41. The first kappa shape index (κ1) is 30.1. The fraction of sp³-hybridized carbons (Fsp3) is 0.848. The third-order valence-electron chi connectivity index (χ3n) is 9.75. The minimum atomic E-state index is -0.739. The highest BCUT2D eigenvalue weighted by Crippen LogP contribution is 2.48. The van der Waals surface area contributed by atoms with Crippen molar-refractivity contribution in [2.45, 2.75) is 141 Å². The third-order valence-corrected chi connectivity index (χ3v) is 9.75. The quantitative estimate of drug-likeness (QED) is 0.189. The number of ether oxygens (including phenoxy) is 5. The SMILES string of the molecule is CCCC1CCC([C@@H](/C=C/[C@@H]2[C@H]3C/C(=C/CCCC(=O)O)O[C@@H]3C[C@H]2OC2CCCCO2)OC2CCCCO2)C1. The van der Waals surface area contributed by atoms with Crippen LogP contribution in [0.1, 0.15) is 110 Å². The van der Waals surface area contributed by atoms with Crippen molar-refractivity contribution in [1.82, 2.24) is 0 Å². The molecule has 3 heterocycles. The van der Waals surface area contributed by atoms with Gasteiger partial charge in [0.1, 0.15) is 6.10 Å². The Morgan fingerprint density at radius 1 is 1.05 bits per heavy atom. The zero-order valence-corrected chi connectivity index (χ0v) is 24.6. The summed E-state index contributed by atoms with van der Waals surface area (Å²) in [6.45, 7) is 3.87. The molecule has 40 heavy (non-hydrogen) atoms. The highest BCUT2D eigenvalue weighted by atomic mass is 16.7. The maximum atomic E-state index is 10.9. The van der Waals surface area contributed by atoms with E-state index in [1.54, 1.807) is 0 Å². The lowest BCUT2D eigenvalue weighted by atomic mass is 9.89. The van der Waals surface area contributed by atoms with Gasteiger partial charge in [-0.15, -0.1) is 0 Å². The number of unbranched alkanes of at least 4 members (excludes halogenated alkanes) is 1. The third kappa shape index (κ3) is 8.33. The average molecular weight is 561 g/mol. The van der Waals surface area contributed by atoms with Crippen molar-refractivity contribution in [1.29, 1.82) is 0 Å². The number of aliphatic carboxylic acids is 1. The second-order valence-electron chi connectivity index (χ2n) is 12.8. The van der Waals surface area contributed by atoms with E-state index in [0.29, 0.717) is 18.3 Å². The van der Waals surface area contributed by atoms with Crippen LogP contribution < -0.4 is 0 Å². The molecule has 0 spiro atoms. The summed E-state index contributed by atoms with van der Waals surface area (Å²) < 4.78 is 31.7. The van der Waals surface area contributed by atoms with Crippen LogP contribution in [0.25, 0.3) is 0 Å². The summed E-state index contributed by atoms with van der Waals surface area (Å²) in [6, 6.07) is 0. The van der Waals surface area contributed by atoms with E-state index in [2.05, 4.69) is 25.2 Å². The Bertz CT molecular complexity index is 844. The number of hydrogen-bond acceptors (Lipinski definition) is 6. The summed E-state index contributed by atoms with van der Waals surface area (Å²) in [7, 11) is 0.